The zero-order chi connectivity index (χ0) is 22.8. The van der Waals surface area contributed by atoms with Crippen LogP contribution in [-0.4, -0.2) is 80.2 Å². The number of allylic oxidation sites excluding steroid dienone is 1. The number of carbonyl (C=O) groups is 4. The van der Waals surface area contributed by atoms with Gasteiger partial charge in [0.05, 0.1) is 6.54 Å². The maximum absolute atomic E-state index is 12.2. The van der Waals surface area contributed by atoms with Crippen molar-refractivity contribution in [2.24, 2.45) is 5.73 Å². The summed E-state index contributed by atoms with van der Waals surface area (Å²) in [5.41, 5.74) is 6.61. The molecule has 9 nitrogen and oxygen atoms in total. The standard InChI is InChI=1S/C15H15N3O4S.C2HF3O2/c1-2-4-17-5-3-8(12(17)19)6-9-7-23-14-10(16)13(20)18(14)11(9)15(21)22;3-2(4,5)1(6)7/h1,6,10,14H,3-5,7,16H2,(H,21,22);(H,6,7)/t10-,14-;/m1./s1. The van der Waals surface area contributed by atoms with Crippen LogP contribution in [-0.2, 0) is 19.2 Å². The summed E-state index contributed by atoms with van der Waals surface area (Å²) in [5, 5.41) is 16.2. The largest absolute Gasteiger partial charge is 0.490 e. The van der Waals surface area contributed by atoms with Crippen LogP contribution in [0.25, 0.3) is 0 Å². The third kappa shape index (κ3) is 4.60. The summed E-state index contributed by atoms with van der Waals surface area (Å²) in [6, 6.07) is -0.664. The zero-order valence-electron chi connectivity index (χ0n) is 15.2. The Morgan fingerprint density at radius 2 is 1.93 bits per heavy atom. The van der Waals surface area contributed by atoms with Crippen LogP contribution in [0.3, 0.4) is 0 Å². The van der Waals surface area contributed by atoms with E-state index in [-0.39, 0.29) is 23.5 Å². The lowest BCUT2D eigenvalue weighted by molar-refractivity contribution is -0.192. The average Bonchev–Trinajstić information content (AvgIpc) is 3.00. The highest BCUT2D eigenvalue weighted by molar-refractivity contribution is 8.00. The summed E-state index contributed by atoms with van der Waals surface area (Å²) < 4.78 is 31.7. The number of carbonyl (C=O) groups excluding carboxylic acids is 2. The van der Waals surface area contributed by atoms with Crippen molar-refractivity contribution in [2.75, 3.05) is 18.8 Å². The van der Waals surface area contributed by atoms with E-state index in [1.165, 1.54) is 21.6 Å². The molecule has 0 aliphatic carbocycles. The number of nitrogens with zero attached hydrogens (tertiary/aromatic N) is 2. The fraction of sp³-hybridized carbons (Fsp3) is 0.412. The number of terminal acetylenes is 1. The fourth-order valence-corrected chi connectivity index (χ4v) is 4.18. The van der Waals surface area contributed by atoms with Crippen molar-refractivity contribution in [1.29, 1.82) is 0 Å². The predicted octanol–water partition coefficient (Wildman–Crippen LogP) is -0.00730. The van der Waals surface area contributed by atoms with E-state index in [0.29, 0.717) is 29.9 Å². The molecule has 3 rings (SSSR count). The maximum atomic E-state index is 12.2. The Kier molecular flexibility index (Phi) is 6.84. The van der Waals surface area contributed by atoms with Gasteiger partial charge >= 0.3 is 18.1 Å². The van der Waals surface area contributed by atoms with E-state index in [9.17, 15) is 32.7 Å². The van der Waals surface area contributed by atoms with Gasteiger partial charge in [0.1, 0.15) is 17.1 Å². The molecule has 0 saturated carbocycles. The smallest absolute Gasteiger partial charge is 0.477 e. The Bertz CT molecular complexity index is 892. The van der Waals surface area contributed by atoms with E-state index in [1.807, 2.05) is 0 Å². The molecule has 2 saturated heterocycles. The predicted molar refractivity (Wildman–Crippen MR) is 97.5 cm³/mol. The highest BCUT2D eigenvalue weighted by Crippen LogP contribution is 2.40. The third-order valence-corrected chi connectivity index (χ3v) is 5.65. The van der Waals surface area contributed by atoms with Crippen molar-refractivity contribution in [1.82, 2.24) is 9.80 Å². The molecule has 0 radical (unpaired) electrons. The van der Waals surface area contributed by atoms with E-state index in [1.54, 1.807) is 6.08 Å². The molecule has 0 aromatic rings. The number of hydrogen-bond donors (Lipinski definition) is 3. The van der Waals surface area contributed by atoms with E-state index in [2.05, 4.69) is 5.92 Å². The van der Waals surface area contributed by atoms with Crippen LogP contribution in [0.2, 0.25) is 0 Å². The first-order chi connectivity index (χ1) is 13.9. The molecule has 162 valence electrons. The number of aliphatic carboxylic acids is 2. The van der Waals surface area contributed by atoms with Crippen molar-refractivity contribution in [3.05, 3.63) is 22.9 Å². The summed E-state index contributed by atoms with van der Waals surface area (Å²) in [6.07, 6.45) is 2.24. The fourth-order valence-electron chi connectivity index (χ4n) is 2.92. The molecule has 13 heteroatoms. The maximum Gasteiger partial charge on any atom is 0.490 e. The van der Waals surface area contributed by atoms with Crippen molar-refractivity contribution < 1.29 is 42.6 Å². The highest BCUT2D eigenvalue weighted by Gasteiger charge is 2.51. The molecule has 3 aliphatic heterocycles. The molecule has 0 spiro atoms. The van der Waals surface area contributed by atoms with Gasteiger partial charge in [0.25, 0.3) is 5.91 Å². The number of fused-ring (bicyclic) bond motifs is 1. The van der Waals surface area contributed by atoms with Gasteiger partial charge in [0.15, 0.2) is 0 Å². The lowest BCUT2D eigenvalue weighted by Gasteiger charge is -2.47. The van der Waals surface area contributed by atoms with E-state index >= 15 is 0 Å². The molecule has 30 heavy (non-hydrogen) atoms. The van der Waals surface area contributed by atoms with Crippen LogP contribution >= 0.6 is 11.8 Å². The van der Waals surface area contributed by atoms with Gasteiger partial charge < -0.3 is 20.8 Å². The van der Waals surface area contributed by atoms with Crippen molar-refractivity contribution in [3.8, 4) is 12.3 Å². The monoisotopic (exact) mass is 447 g/mol. The van der Waals surface area contributed by atoms with Crippen LogP contribution in [0.15, 0.2) is 22.9 Å². The van der Waals surface area contributed by atoms with Crippen LogP contribution in [0, 0.1) is 12.3 Å². The van der Waals surface area contributed by atoms with Gasteiger partial charge in [0.2, 0.25) is 5.91 Å². The first-order valence-corrected chi connectivity index (χ1v) is 9.35. The van der Waals surface area contributed by atoms with E-state index in [4.69, 9.17) is 22.1 Å². The van der Waals surface area contributed by atoms with E-state index in [0.717, 1.165) is 0 Å². The molecule has 0 bridgehead atoms. The summed E-state index contributed by atoms with van der Waals surface area (Å²) in [6.45, 7) is 0.755. The number of rotatable bonds is 3. The first kappa shape index (κ1) is 23.3. The lowest BCUT2D eigenvalue weighted by Crippen LogP contribution is -2.68. The number of hydrogen-bond acceptors (Lipinski definition) is 6. The molecule has 0 aromatic carbocycles. The first-order valence-electron chi connectivity index (χ1n) is 8.30. The number of thioether (sulfide) groups is 1. The second-order valence-corrected chi connectivity index (χ2v) is 7.37. The van der Waals surface area contributed by atoms with Crippen LogP contribution < -0.4 is 5.73 Å². The summed E-state index contributed by atoms with van der Waals surface area (Å²) in [7, 11) is 0. The molecule has 4 N–H and O–H groups in total. The Balaban J connectivity index is 0.000000396. The second kappa shape index (κ2) is 8.80. The van der Waals surface area contributed by atoms with Gasteiger partial charge in [-0.05, 0) is 18.1 Å². The van der Waals surface area contributed by atoms with Gasteiger partial charge in [-0.1, -0.05) is 5.92 Å². The molecule has 2 fully saturated rings. The normalized spacial score (nSPS) is 24.7. The van der Waals surface area contributed by atoms with Crippen molar-refractivity contribution in [2.45, 2.75) is 24.0 Å². The molecule has 3 aliphatic rings. The average molecular weight is 447 g/mol. The molecule has 2 amide bonds. The van der Waals surface area contributed by atoms with Gasteiger partial charge in [-0.25, -0.2) is 9.59 Å². The van der Waals surface area contributed by atoms with Crippen molar-refractivity contribution >= 4 is 35.5 Å². The minimum atomic E-state index is -5.08. The molecular formula is C17H16F3N3O6S. The Morgan fingerprint density at radius 3 is 2.43 bits per heavy atom. The Labute approximate surface area is 172 Å². The zero-order valence-corrected chi connectivity index (χ0v) is 16.0. The van der Waals surface area contributed by atoms with Crippen LogP contribution in [0.1, 0.15) is 6.42 Å². The van der Waals surface area contributed by atoms with E-state index < -0.39 is 30.1 Å². The topological polar surface area (TPSA) is 141 Å². The van der Waals surface area contributed by atoms with Gasteiger partial charge in [-0.15, -0.1) is 18.2 Å². The number of carboxylic acids is 2. The summed E-state index contributed by atoms with van der Waals surface area (Å²) in [4.78, 5) is 47.3. The number of carboxylic acid groups (broad SMARTS) is 2. The SMILES string of the molecule is C#CCN1CCC(=CC2=C(C(=O)O)N3C(=O)[C@@H](N)[C@H]3SC2)C1=O.O=C(O)C(F)(F)F. The summed E-state index contributed by atoms with van der Waals surface area (Å²) >= 11 is 1.41. The lowest BCUT2D eigenvalue weighted by atomic mass is 10.0. The van der Waals surface area contributed by atoms with Crippen LogP contribution in [0.5, 0.6) is 0 Å². The second-order valence-electron chi connectivity index (χ2n) is 6.27. The molecular weight excluding hydrogens is 431 g/mol. The number of alkyl halides is 3. The molecule has 0 aromatic heterocycles. The number of halogens is 3. The molecule has 2 atom stereocenters. The third-order valence-electron chi connectivity index (χ3n) is 4.33. The molecule has 3 heterocycles. The Morgan fingerprint density at radius 1 is 1.33 bits per heavy atom. The Hall–Kier alpha value is -2.98. The number of nitrogens with two attached hydrogens (primary N) is 1. The quantitative estimate of drug-likeness (QED) is 0.312. The number of amides is 2. The summed E-state index contributed by atoms with van der Waals surface area (Å²) in [5.74, 6) is -1.70. The highest BCUT2D eigenvalue weighted by atomic mass is 32.2. The van der Waals surface area contributed by atoms with Gasteiger partial charge in [-0.2, -0.15) is 13.2 Å². The van der Waals surface area contributed by atoms with Gasteiger partial charge in [0, 0.05) is 17.9 Å². The van der Waals surface area contributed by atoms with Crippen LogP contribution in [0.4, 0.5) is 13.2 Å². The number of β-lactam (4-membered cyclic amide) rings is 1. The minimum absolute atomic E-state index is 0.0730. The minimum Gasteiger partial charge on any atom is -0.477 e. The molecule has 0 unspecified atom stereocenters. The van der Waals surface area contributed by atoms with Gasteiger partial charge in [-0.3, -0.25) is 14.5 Å². The van der Waals surface area contributed by atoms with Crippen molar-refractivity contribution in [3.63, 3.8) is 0 Å². The number of likely N-dealkylation sites (tertiary alicyclic amines) is 1.